The standard InChI is InChI=1S/C16H24ClN3O/c1-11(2)19-10-12-9-13(17)5-6-14(12)20-8-7-18-15(21)16(20,3)4/h5-6,9,11,19H,7-8,10H2,1-4H3,(H,18,21). The van der Waals surface area contributed by atoms with Crippen molar-refractivity contribution in [2.75, 3.05) is 18.0 Å². The molecule has 0 bridgehead atoms. The molecule has 0 aromatic heterocycles. The minimum absolute atomic E-state index is 0.0615. The van der Waals surface area contributed by atoms with Crippen molar-refractivity contribution in [1.29, 1.82) is 0 Å². The Hall–Kier alpha value is -1.26. The van der Waals surface area contributed by atoms with E-state index in [-0.39, 0.29) is 5.91 Å². The van der Waals surface area contributed by atoms with E-state index in [1.54, 1.807) is 0 Å². The highest BCUT2D eigenvalue weighted by atomic mass is 35.5. The number of hydrogen-bond donors (Lipinski definition) is 2. The van der Waals surface area contributed by atoms with E-state index in [9.17, 15) is 4.79 Å². The summed E-state index contributed by atoms with van der Waals surface area (Å²) in [4.78, 5) is 14.3. The van der Waals surface area contributed by atoms with Crippen LogP contribution in [0.2, 0.25) is 5.02 Å². The molecule has 1 saturated heterocycles. The largest absolute Gasteiger partial charge is 0.355 e. The van der Waals surface area contributed by atoms with Gasteiger partial charge in [-0.2, -0.15) is 0 Å². The number of nitrogens with one attached hydrogen (secondary N) is 2. The van der Waals surface area contributed by atoms with E-state index in [2.05, 4.69) is 29.4 Å². The summed E-state index contributed by atoms with van der Waals surface area (Å²) < 4.78 is 0. The summed E-state index contributed by atoms with van der Waals surface area (Å²) in [6.45, 7) is 10.3. The molecule has 116 valence electrons. The third-order valence-electron chi connectivity index (χ3n) is 3.88. The molecule has 1 fully saturated rings. The molecule has 1 aromatic rings. The topological polar surface area (TPSA) is 44.4 Å². The van der Waals surface area contributed by atoms with E-state index < -0.39 is 5.54 Å². The highest BCUT2D eigenvalue weighted by Gasteiger charge is 2.38. The number of hydrogen-bond acceptors (Lipinski definition) is 3. The molecule has 1 aliphatic heterocycles. The maximum absolute atomic E-state index is 12.1. The highest BCUT2D eigenvalue weighted by Crippen LogP contribution is 2.31. The molecular weight excluding hydrogens is 286 g/mol. The lowest BCUT2D eigenvalue weighted by atomic mass is 9.96. The Morgan fingerprint density at radius 3 is 2.81 bits per heavy atom. The van der Waals surface area contributed by atoms with Crippen LogP contribution in [0.25, 0.3) is 0 Å². The van der Waals surface area contributed by atoms with Crippen LogP contribution in [0.5, 0.6) is 0 Å². The van der Waals surface area contributed by atoms with Gasteiger partial charge in [0.05, 0.1) is 0 Å². The van der Waals surface area contributed by atoms with Crippen molar-refractivity contribution in [3.63, 3.8) is 0 Å². The summed E-state index contributed by atoms with van der Waals surface area (Å²) in [6, 6.07) is 6.28. The first-order valence-electron chi connectivity index (χ1n) is 7.40. The second kappa shape index (κ2) is 6.24. The number of halogens is 1. The third kappa shape index (κ3) is 3.50. The van der Waals surface area contributed by atoms with E-state index in [0.717, 1.165) is 29.4 Å². The molecule has 0 radical (unpaired) electrons. The van der Waals surface area contributed by atoms with E-state index in [1.165, 1.54) is 0 Å². The normalized spacial score (nSPS) is 18.0. The molecule has 21 heavy (non-hydrogen) atoms. The van der Waals surface area contributed by atoms with E-state index in [1.807, 2.05) is 32.0 Å². The quantitative estimate of drug-likeness (QED) is 0.898. The fourth-order valence-electron chi connectivity index (χ4n) is 2.59. The van der Waals surface area contributed by atoms with Gasteiger partial charge in [0, 0.05) is 36.4 Å². The number of rotatable bonds is 4. The number of carbonyl (C=O) groups excluding carboxylic acids is 1. The molecule has 1 aliphatic rings. The van der Waals surface area contributed by atoms with Gasteiger partial charge in [-0.1, -0.05) is 25.4 Å². The van der Waals surface area contributed by atoms with Crippen molar-refractivity contribution in [3.8, 4) is 0 Å². The lowest BCUT2D eigenvalue weighted by Gasteiger charge is -2.43. The first-order valence-corrected chi connectivity index (χ1v) is 7.78. The zero-order valence-corrected chi connectivity index (χ0v) is 13.9. The summed E-state index contributed by atoms with van der Waals surface area (Å²) in [5, 5.41) is 7.07. The van der Waals surface area contributed by atoms with Crippen molar-refractivity contribution in [2.24, 2.45) is 0 Å². The van der Waals surface area contributed by atoms with Gasteiger partial charge >= 0.3 is 0 Å². The smallest absolute Gasteiger partial charge is 0.245 e. The van der Waals surface area contributed by atoms with Gasteiger partial charge in [-0.05, 0) is 37.6 Å². The summed E-state index contributed by atoms with van der Waals surface area (Å²) >= 11 is 6.15. The van der Waals surface area contributed by atoms with Gasteiger partial charge in [0.2, 0.25) is 5.91 Å². The van der Waals surface area contributed by atoms with Crippen LogP contribution in [0.15, 0.2) is 18.2 Å². The Labute approximate surface area is 131 Å². The fourth-order valence-corrected chi connectivity index (χ4v) is 2.79. The number of piperazine rings is 1. The minimum atomic E-state index is -0.557. The number of nitrogens with zero attached hydrogens (tertiary/aromatic N) is 1. The van der Waals surface area contributed by atoms with Crippen LogP contribution in [0.1, 0.15) is 33.3 Å². The van der Waals surface area contributed by atoms with Crippen molar-refractivity contribution < 1.29 is 4.79 Å². The van der Waals surface area contributed by atoms with Gasteiger partial charge in [-0.25, -0.2) is 0 Å². The first-order chi connectivity index (χ1) is 9.82. The van der Waals surface area contributed by atoms with E-state index in [4.69, 9.17) is 11.6 Å². The Morgan fingerprint density at radius 1 is 1.43 bits per heavy atom. The predicted molar refractivity (Wildman–Crippen MR) is 87.9 cm³/mol. The van der Waals surface area contributed by atoms with Gasteiger partial charge in [0.25, 0.3) is 0 Å². The average Bonchev–Trinajstić information content (AvgIpc) is 2.40. The fraction of sp³-hybridized carbons (Fsp3) is 0.562. The van der Waals surface area contributed by atoms with Crippen molar-refractivity contribution in [1.82, 2.24) is 10.6 Å². The van der Waals surface area contributed by atoms with E-state index >= 15 is 0 Å². The Kier molecular flexibility index (Phi) is 4.79. The number of benzene rings is 1. The molecule has 2 rings (SSSR count). The SMILES string of the molecule is CC(C)NCc1cc(Cl)ccc1N1CCNC(=O)C1(C)C. The van der Waals surface area contributed by atoms with Gasteiger partial charge in [-0.3, -0.25) is 4.79 Å². The molecule has 0 saturated carbocycles. The Morgan fingerprint density at radius 2 is 2.14 bits per heavy atom. The highest BCUT2D eigenvalue weighted by molar-refractivity contribution is 6.30. The zero-order chi connectivity index (χ0) is 15.6. The van der Waals surface area contributed by atoms with Gasteiger partial charge in [0.1, 0.15) is 5.54 Å². The summed E-state index contributed by atoms with van der Waals surface area (Å²) in [5.74, 6) is 0.0615. The molecule has 0 atom stereocenters. The molecule has 0 spiro atoms. The van der Waals surface area contributed by atoms with Crippen molar-refractivity contribution in [3.05, 3.63) is 28.8 Å². The zero-order valence-electron chi connectivity index (χ0n) is 13.2. The lowest BCUT2D eigenvalue weighted by Crippen LogP contribution is -2.62. The first kappa shape index (κ1) is 16.1. The van der Waals surface area contributed by atoms with Crippen LogP contribution in [0.3, 0.4) is 0 Å². The van der Waals surface area contributed by atoms with Gasteiger partial charge in [-0.15, -0.1) is 0 Å². The van der Waals surface area contributed by atoms with Crippen LogP contribution in [0, 0.1) is 0 Å². The number of carbonyl (C=O) groups is 1. The molecule has 2 N–H and O–H groups in total. The molecule has 1 amide bonds. The predicted octanol–water partition coefficient (Wildman–Crippen LogP) is 2.55. The van der Waals surface area contributed by atoms with Crippen molar-refractivity contribution >= 4 is 23.2 Å². The number of amides is 1. The van der Waals surface area contributed by atoms with Crippen LogP contribution in [-0.2, 0) is 11.3 Å². The maximum atomic E-state index is 12.1. The molecule has 1 aromatic carbocycles. The molecule has 1 heterocycles. The molecule has 0 aliphatic carbocycles. The van der Waals surface area contributed by atoms with Crippen LogP contribution in [0.4, 0.5) is 5.69 Å². The van der Waals surface area contributed by atoms with Crippen LogP contribution < -0.4 is 15.5 Å². The summed E-state index contributed by atoms with van der Waals surface area (Å²) in [7, 11) is 0. The molecule has 0 unspecified atom stereocenters. The second-order valence-electron chi connectivity index (χ2n) is 6.28. The Bertz CT molecular complexity index is 528. The van der Waals surface area contributed by atoms with Gasteiger partial charge < -0.3 is 15.5 Å². The monoisotopic (exact) mass is 309 g/mol. The Balaban J connectivity index is 2.35. The van der Waals surface area contributed by atoms with Gasteiger partial charge in [0.15, 0.2) is 0 Å². The summed E-state index contributed by atoms with van der Waals surface area (Å²) in [6.07, 6.45) is 0. The third-order valence-corrected chi connectivity index (χ3v) is 4.12. The van der Waals surface area contributed by atoms with Crippen molar-refractivity contribution in [2.45, 2.75) is 45.8 Å². The average molecular weight is 310 g/mol. The molecule has 5 heteroatoms. The second-order valence-corrected chi connectivity index (χ2v) is 6.71. The van der Waals surface area contributed by atoms with Crippen LogP contribution in [-0.4, -0.2) is 30.6 Å². The molecule has 4 nitrogen and oxygen atoms in total. The van der Waals surface area contributed by atoms with Crippen LogP contribution >= 0.6 is 11.6 Å². The van der Waals surface area contributed by atoms with E-state index in [0.29, 0.717) is 12.6 Å². The maximum Gasteiger partial charge on any atom is 0.245 e. The minimum Gasteiger partial charge on any atom is -0.355 e. The number of anilines is 1. The lowest BCUT2D eigenvalue weighted by molar-refractivity contribution is -0.126. The summed E-state index contributed by atoms with van der Waals surface area (Å²) in [5.41, 5.74) is 1.64. The molecular formula is C16H24ClN3O.